The predicted molar refractivity (Wildman–Crippen MR) is 61.9 cm³/mol. The van der Waals surface area contributed by atoms with Gasteiger partial charge in [-0.25, -0.2) is 14.4 Å². The van der Waals surface area contributed by atoms with Crippen molar-refractivity contribution in [1.29, 1.82) is 0 Å². The van der Waals surface area contributed by atoms with Gasteiger partial charge in [-0.05, 0) is 6.92 Å². The summed E-state index contributed by atoms with van der Waals surface area (Å²) in [4.78, 5) is 29.7. The van der Waals surface area contributed by atoms with Crippen LogP contribution in [0.2, 0.25) is 0 Å². The van der Waals surface area contributed by atoms with Crippen LogP contribution < -0.4 is 0 Å². The van der Waals surface area contributed by atoms with E-state index < -0.39 is 17.9 Å². The molecule has 0 unspecified atom stereocenters. The van der Waals surface area contributed by atoms with Gasteiger partial charge in [-0.1, -0.05) is 6.58 Å². The molecule has 0 aliphatic heterocycles. The second kappa shape index (κ2) is 11.3. The number of hydrogen-bond acceptors (Lipinski definition) is 5. The van der Waals surface area contributed by atoms with Crippen molar-refractivity contribution in [3.8, 4) is 0 Å². The Morgan fingerprint density at radius 3 is 1.89 bits per heavy atom. The van der Waals surface area contributed by atoms with Gasteiger partial charge in [-0.3, -0.25) is 0 Å². The summed E-state index contributed by atoms with van der Waals surface area (Å²) in [7, 11) is 0. The Balaban J connectivity index is 0. The highest BCUT2D eigenvalue weighted by molar-refractivity contribution is 5.89. The molecule has 0 aromatic carbocycles. The first-order chi connectivity index (χ1) is 8.31. The summed E-state index contributed by atoms with van der Waals surface area (Å²) < 4.78 is 4.65. The summed E-state index contributed by atoms with van der Waals surface area (Å²) >= 11 is 0. The van der Waals surface area contributed by atoms with Crippen LogP contribution in [0.15, 0.2) is 24.3 Å². The van der Waals surface area contributed by atoms with Gasteiger partial charge in [-0.15, -0.1) is 0 Å². The molecule has 3 N–H and O–H groups in total. The summed E-state index contributed by atoms with van der Waals surface area (Å²) in [5.41, 5.74) is 0.387. The fraction of sp³-hybridized carbons (Fsp3) is 0.364. The molecule has 0 aliphatic carbocycles. The molecule has 0 heterocycles. The van der Waals surface area contributed by atoms with E-state index in [1.165, 1.54) is 0 Å². The van der Waals surface area contributed by atoms with Crippen LogP contribution in [0.25, 0.3) is 0 Å². The summed E-state index contributed by atoms with van der Waals surface area (Å²) in [6.07, 6.45) is 1.60. The molecule has 7 heteroatoms. The number of aliphatic carboxylic acids is 2. The number of carbonyl (C=O) groups excluding carboxylic acids is 1. The fourth-order valence-electron chi connectivity index (χ4n) is 0.495. The van der Waals surface area contributed by atoms with E-state index in [-0.39, 0.29) is 13.2 Å². The lowest BCUT2D eigenvalue weighted by Gasteiger charge is -2.00. The number of esters is 1. The summed E-state index contributed by atoms with van der Waals surface area (Å²) in [5.74, 6) is -2.91. The predicted octanol–water partition coefficient (Wildman–Crippen LogP) is 0.200. The number of ether oxygens (including phenoxy) is 1. The molecule has 0 saturated heterocycles. The average molecular weight is 260 g/mol. The third-order valence-electron chi connectivity index (χ3n) is 1.25. The number of aliphatic hydroxyl groups is 1. The Morgan fingerprint density at radius 2 is 1.61 bits per heavy atom. The van der Waals surface area contributed by atoms with E-state index in [1.807, 2.05) is 0 Å². The van der Waals surface area contributed by atoms with Crippen molar-refractivity contribution in [2.45, 2.75) is 13.3 Å². The topological polar surface area (TPSA) is 121 Å². The van der Waals surface area contributed by atoms with Crippen LogP contribution in [-0.4, -0.2) is 46.4 Å². The second-order valence-corrected chi connectivity index (χ2v) is 3.00. The lowest BCUT2D eigenvalue weighted by molar-refractivity contribution is -0.139. The minimum atomic E-state index is -1.26. The van der Waals surface area contributed by atoms with E-state index in [9.17, 15) is 14.4 Å². The largest absolute Gasteiger partial charge is 0.478 e. The van der Waals surface area contributed by atoms with Crippen molar-refractivity contribution in [2.75, 3.05) is 13.2 Å². The van der Waals surface area contributed by atoms with Crippen LogP contribution in [0, 0.1) is 0 Å². The zero-order valence-electron chi connectivity index (χ0n) is 9.96. The smallest absolute Gasteiger partial charge is 0.333 e. The highest BCUT2D eigenvalue weighted by Gasteiger charge is 2.00. The molecule has 0 amide bonds. The minimum absolute atomic E-state index is 0.0451. The van der Waals surface area contributed by atoms with Gasteiger partial charge in [0.15, 0.2) is 0 Å². The van der Waals surface area contributed by atoms with E-state index >= 15 is 0 Å². The number of carboxylic acids is 2. The highest BCUT2D eigenvalue weighted by Crippen LogP contribution is 1.92. The van der Waals surface area contributed by atoms with Crippen molar-refractivity contribution in [3.05, 3.63) is 24.3 Å². The van der Waals surface area contributed by atoms with Crippen LogP contribution >= 0.6 is 0 Å². The van der Waals surface area contributed by atoms with Crippen LogP contribution in [0.1, 0.15) is 13.3 Å². The Hall–Kier alpha value is -2.15. The Kier molecular flexibility index (Phi) is 11.5. The maximum atomic E-state index is 10.6. The zero-order chi connectivity index (χ0) is 14.6. The van der Waals surface area contributed by atoms with Gasteiger partial charge in [0.25, 0.3) is 0 Å². The zero-order valence-corrected chi connectivity index (χ0v) is 9.96. The first-order valence-corrected chi connectivity index (χ1v) is 4.88. The van der Waals surface area contributed by atoms with Crippen LogP contribution in [0.4, 0.5) is 0 Å². The van der Waals surface area contributed by atoms with Gasteiger partial charge in [0, 0.05) is 30.8 Å². The molecule has 0 rings (SSSR count). The molecule has 0 aliphatic rings. The van der Waals surface area contributed by atoms with E-state index in [2.05, 4.69) is 11.3 Å². The van der Waals surface area contributed by atoms with Gasteiger partial charge in [0.05, 0.1) is 6.61 Å². The van der Waals surface area contributed by atoms with Crippen LogP contribution in [-0.2, 0) is 19.1 Å². The number of hydrogen-bond donors (Lipinski definition) is 3. The molecule has 0 aromatic heterocycles. The van der Waals surface area contributed by atoms with Gasteiger partial charge >= 0.3 is 17.9 Å². The quantitative estimate of drug-likeness (QED) is 0.354. The van der Waals surface area contributed by atoms with Crippen LogP contribution in [0.3, 0.4) is 0 Å². The maximum Gasteiger partial charge on any atom is 0.333 e. The number of rotatable bonds is 6. The van der Waals surface area contributed by atoms with Gasteiger partial charge in [0.2, 0.25) is 0 Å². The Bertz CT molecular complexity index is 314. The molecular weight excluding hydrogens is 244 g/mol. The maximum absolute atomic E-state index is 10.6. The molecule has 102 valence electrons. The fourth-order valence-corrected chi connectivity index (χ4v) is 0.495. The van der Waals surface area contributed by atoms with Crippen molar-refractivity contribution in [3.63, 3.8) is 0 Å². The first kappa shape index (κ1) is 18.2. The monoisotopic (exact) mass is 260 g/mol. The van der Waals surface area contributed by atoms with Gasteiger partial charge in [-0.2, -0.15) is 0 Å². The second-order valence-electron chi connectivity index (χ2n) is 3.00. The molecule has 0 bridgehead atoms. The van der Waals surface area contributed by atoms with Gasteiger partial charge in [0.1, 0.15) is 0 Å². The molecular formula is C11H16O7. The first-order valence-electron chi connectivity index (χ1n) is 4.88. The normalized spacial score (nSPS) is 9.22. The molecule has 0 atom stereocenters. The molecule has 18 heavy (non-hydrogen) atoms. The third kappa shape index (κ3) is 16.3. The summed E-state index contributed by atoms with van der Waals surface area (Å²) in [6, 6.07) is 0. The van der Waals surface area contributed by atoms with Crippen molar-refractivity contribution in [2.24, 2.45) is 0 Å². The number of carboxylic acid groups (broad SMARTS) is 2. The van der Waals surface area contributed by atoms with E-state index in [4.69, 9.17) is 15.3 Å². The SMILES string of the molecule is C=C(C)C(=O)OCCCO.O=C(O)C=CC(=O)O. The standard InChI is InChI=1S/C7H12O3.C4H4O4/c1-6(2)7(9)10-5-3-4-8;5-3(6)1-2-4(7)8/h8H,1,3-5H2,2H3;1-2H,(H,5,6)(H,7,8). The molecule has 0 spiro atoms. The van der Waals surface area contributed by atoms with Crippen molar-refractivity contribution >= 4 is 17.9 Å². The summed E-state index contributed by atoms with van der Waals surface area (Å²) in [6.45, 7) is 5.29. The molecule has 0 radical (unpaired) electrons. The molecule has 7 nitrogen and oxygen atoms in total. The average Bonchev–Trinajstić information content (AvgIpc) is 2.27. The van der Waals surface area contributed by atoms with E-state index in [0.717, 1.165) is 0 Å². The number of aliphatic hydroxyl groups excluding tert-OH is 1. The Morgan fingerprint density at radius 1 is 1.17 bits per heavy atom. The Labute approximate surface area is 104 Å². The third-order valence-corrected chi connectivity index (χ3v) is 1.25. The molecule has 0 saturated carbocycles. The molecule has 0 fully saturated rings. The van der Waals surface area contributed by atoms with E-state index in [1.54, 1.807) is 6.92 Å². The van der Waals surface area contributed by atoms with Crippen molar-refractivity contribution < 1.29 is 34.4 Å². The highest BCUT2D eigenvalue weighted by atomic mass is 16.5. The summed E-state index contributed by atoms with van der Waals surface area (Å²) in [5, 5.41) is 23.9. The lowest BCUT2D eigenvalue weighted by Crippen LogP contribution is -2.06. The lowest BCUT2D eigenvalue weighted by atomic mass is 10.4. The number of carbonyl (C=O) groups is 3. The van der Waals surface area contributed by atoms with Crippen LogP contribution in [0.5, 0.6) is 0 Å². The van der Waals surface area contributed by atoms with Crippen molar-refractivity contribution in [1.82, 2.24) is 0 Å². The van der Waals surface area contributed by atoms with Gasteiger partial charge < -0.3 is 20.1 Å². The van der Waals surface area contributed by atoms with E-state index in [0.29, 0.717) is 24.1 Å². The minimum Gasteiger partial charge on any atom is -0.478 e. The molecule has 0 aromatic rings.